The molecule has 1 atom stereocenters. The molecule has 1 fully saturated rings. The lowest BCUT2D eigenvalue weighted by atomic mass is 9.65. The molecular weight excluding hydrogens is 298 g/mol. The van der Waals surface area contributed by atoms with Gasteiger partial charge < -0.3 is 11.1 Å². The van der Waals surface area contributed by atoms with Crippen LogP contribution in [0.3, 0.4) is 0 Å². The molecule has 1 spiro atoms. The van der Waals surface area contributed by atoms with Gasteiger partial charge in [0.15, 0.2) is 0 Å². The van der Waals surface area contributed by atoms with Gasteiger partial charge in [-0.1, -0.05) is 33.3 Å². The second-order valence-corrected chi connectivity index (χ2v) is 6.43. The van der Waals surface area contributed by atoms with Crippen molar-refractivity contribution in [3.05, 3.63) is 53.3 Å². The topological polar surface area (TPSA) is 68.0 Å². The normalized spacial score (nSPS) is 18.0. The molecule has 1 unspecified atom stereocenters. The highest BCUT2D eigenvalue weighted by molar-refractivity contribution is 6.08. The van der Waals surface area contributed by atoms with E-state index in [-0.39, 0.29) is 17.2 Å². The van der Waals surface area contributed by atoms with E-state index in [1.165, 1.54) is 0 Å². The van der Waals surface area contributed by atoms with Crippen molar-refractivity contribution in [2.24, 2.45) is 0 Å². The number of rotatable bonds is 2. The van der Waals surface area contributed by atoms with E-state index in [0.717, 1.165) is 47.3 Å². The third-order valence-corrected chi connectivity index (χ3v) is 5.24. The molecule has 4 nitrogen and oxygen atoms in total. The van der Waals surface area contributed by atoms with Crippen molar-refractivity contribution in [3.8, 4) is 0 Å². The van der Waals surface area contributed by atoms with Crippen molar-refractivity contribution in [1.82, 2.24) is 4.98 Å². The standard InChI is InChI=1S/C18H19N3O.C2H6/c1-11(12-4-2-7-20-10-12)14-8-13(19)9-15-16(14)21-17(22)18(15)5-3-6-18;1-2/h2,4,7-11H,3,5-6,19H2,1H3,(H,21,22);1-2H3. The monoisotopic (exact) mass is 323 g/mol. The molecule has 2 heterocycles. The number of amides is 1. The fourth-order valence-electron chi connectivity index (χ4n) is 3.74. The Balaban J connectivity index is 0.000000815. The fourth-order valence-corrected chi connectivity index (χ4v) is 3.74. The fraction of sp³-hybridized carbons (Fsp3) is 0.400. The second-order valence-electron chi connectivity index (χ2n) is 6.43. The van der Waals surface area contributed by atoms with E-state index in [2.05, 4.69) is 23.3 Å². The summed E-state index contributed by atoms with van der Waals surface area (Å²) >= 11 is 0. The summed E-state index contributed by atoms with van der Waals surface area (Å²) in [7, 11) is 0. The average Bonchev–Trinajstić information content (AvgIpc) is 2.88. The van der Waals surface area contributed by atoms with E-state index in [4.69, 9.17) is 5.73 Å². The number of nitrogens with two attached hydrogens (primary N) is 1. The number of nitrogens with one attached hydrogen (secondary N) is 1. The van der Waals surface area contributed by atoms with E-state index in [9.17, 15) is 4.79 Å². The maximum atomic E-state index is 12.5. The molecule has 1 aromatic carbocycles. The maximum Gasteiger partial charge on any atom is 0.235 e. The molecule has 1 aromatic heterocycles. The third-order valence-electron chi connectivity index (χ3n) is 5.24. The van der Waals surface area contributed by atoms with Gasteiger partial charge >= 0.3 is 0 Å². The number of nitrogens with zero attached hydrogens (tertiary/aromatic N) is 1. The smallest absolute Gasteiger partial charge is 0.235 e. The Morgan fingerprint density at radius 2 is 2.04 bits per heavy atom. The molecule has 1 amide bonds. The molecule has 0 radical (unpaired) electrons. The van der Waals surface area contributed by atoms with Crippen molar-refractivity contribution in [2.75, 3.05) is 11.1 Å². The lowest BCUT2D eigenvalue weighted by Crippen LogP contribution is -2.40. The van der Waals surface area contributed by atoms with Gasteiger partial charge in [-0.2, -0.15) is 0 Å². The Hall–Kier alpha value is -2.36. The van der Waals surface area contributed by atoms with E-state index in [1.54, 1.807) is 6.20 Å². The van der Waals surface area contributed by atoms with Gasteiger partial charge in [-0.15, -0.1) is 0 Å². The number of pyridine rings is 1. The summed E-state index contributed by atoms with van der Waals surface area (Å²) in [6, 6.07) is 7.95. The number of carbonyl (C=O) groups excluding carboxylic acids is 1. The Morgan fingerprint density at radius 3 is 2.62 bits per heavy atom. The van der Waals surface area contributed by atoms with Gasteiger partial charge in [-0.3, -0.25) is 9.78 Å². The number of aromatic nitrogens is 1. The minimum atomic E-state index is -0.325. The van der Waals surface area contributed by atoms with Crippen LogP contribution in [0.5, 0.6) is 0 Å². The summed E-state index contributed by atoms with van der Waals surface area (Å²) in [6.07, 6.45) is 6.60. The number of nitrogen functional groups attached to an aromatic ring is 1. The molecule has 4 heteroatoms. The quantitative estimate of drug-likeness (QED) is 0.813. The number of fused-ring (bicyclic) bond motifs is 2. The Kier molecular flexibility index (Phi) is 4.31. The number of carbonyl (C=O) groups is 1. The number of benzene rings is 1. The summed E-state index contributed by atoms with van der Waals surface area (Å²) in [5.41, 5.74) is 10.8. The van der Waals surface area contributed by atoms with E-state index in [0.29, 0.717) is 0 Å². The van der Waals surface area contributed by atoms with E-state index >= 15 is 0 Å². The molecule has 1 aliphatic carbocycles. The van der Waals surface area contributed by atoms with Crippen LogP contribution in [0.15, 0.2) is 36.7 Å². The van der Waals surface area contributed by atoms with Crippen LogP contribution in [0.1, 0.15) is 62.6 Å². The van der Waals surface area contributed by atoms with Gasteiger partial charge in [0.25, 0.3) is 0 Å². The van der Waals surface area contributed by atoms with Gasteiger partial charge in [0, 0.05) is 29.7 Å². The van der Waals surface area contributed by atoms with Crippen LogP contribution in [-0.2, 0) is 10.2 Å². The lowest BCUT2D eigenvalue weighted by molar-refractivity contribution is -0.123. The molecule has 4 rings (SSSR count). The first-order valence-electron chi connectivity index (χ1n) is 8.77. The molecule has 0 bridgehead atoms. The van der Waals surface area contributed by atoms with Crippen LogP contribution in [0.4, 0.5) is 11.4 Å². The first-order chi connectivity index (χ1) is 11.6. The first-order valence-corrected chi connectivity index (χ1v) is 8.77. The molecule has 0 saturated heterocycles. The van der Waals surface area contributed by atoms with E-state index in [1.807, 2.05) is 38.2 Å². The van der Waals surface area contributed by atoms with Crippen LogP contribution in [0.2, 0.25) is 0 Å². The Bertz CT molecular complexity index is 751. The minimum Gasteiger partial charge on any atom is -0.399 e. The summed E-state index contributed by atoms with van der Waals surface area (Å²) in [5, 5.41) is 3.12. The molecule has 24 heavy (non-hydrogen) atoms. The van der Waals surface area contributed by atoms with Crippen molar-refractivity contribution >= 4 is 17.3 Å². The van der Waals surface area contributed by atoms with Gasteiger partial charge in [0.1, 0.15) is 0 Å². The minimum absolute atomic E-state index is 0.138. The third kappa shape index (κ3) is 2.37. The van der Waals surface area contributed by atoms with Crippen molar-refractivity contribution in [1.29, 1.82) is 0 Å². The van der Waals surface area contributed by atoms with Crippen LogP contribution in [0, 0.1) is 0 Å². The first kappa shape index (κ1) is 16.5. The van der Waals surface area contributed by atoms with E-state index < -0.39 is 0 Å². The average molecular weight is 323 g/mol. The predicted molar refractivity (Wildman–Crippen MR) is 98.1 cm³/mol. The number of anilines is 2. The van der Waals surface area contributed by atoms with Crippen LogP contribution < -0.4 is 11.1 Å². The largest absolute Gasteiger partial charge is 0.399 e. The SMILES string of the molecule is CC.CC(c1cccnc1)c1cc(N)cc2c1NC(=O)C21CCC1. The van der Waals surface area contributed by atoms with Gasteiger partial charge in [-0.25, -0.2) is 0 Å². The Morgan fingerprint density at radius 1 is 1.29 bits per heavy atom. The molecular formula is C20H25N3O. The molecule has 126 valence electrons. The number of hydrogen-bond acceptors (Lipinski definition) is 3. The lowest BCUT2D eigenvalue weighted by Gasteiger charge is -2.36. The van der Waals surface area contributed by atoms with Crippen LogP contribution >= 0.6 is 0 Å². The summed E-state index contributed by atoms with van der Waals surface area (Å²) in [6.45, 7) is 6.13. The highest BCUT2D eigenvalue weighted by Crippen LogP contribution is 2.53. The summed E-state index contributed by atoms with van der Waals surface area (Å²) < 4.78 is 0. The zero-order chi connectivity index (χ0) is 17.3. The van der Waals surface area contributed by atoms with Gasteiger partial charge in [0.2, 0.25) is 5.91 Å². The van der Waals surface area contributed by atoms with Crippen molar-refractivity contribution in [2.45, 2.75) is 51.4 Å². The van der Waals surface area contributed by atoms with Crippen LogP contribution in [-0.4, -0.2) is 10.9 Å². The zero-order valence-electron chi connectivity index (χ0n) is 14.6. The number of hydrogen-bond donors (Lipinski definition) is 2. The van der Waals surface area contributed by atoms with Crippen LogP contribution in [0.25, 0.3) is 0 Å². The van der Waals surface area contributed by atoms with Gasteiger partial charge in [0.05, 0.1) is 5.41 Å². The predicted octanol–water partition coefficient (Wildman–Crippen LogP) is 4.22. The second kappa shape index (κ2) is 6.27. The molecule has 2 aliphatic rings. The summed E-state index contributed by atoms with van der Waals surface area (Å²) in [4.78, 5) is 16.7. The van der Waals surface area contributed by atoms with Gasteiger partial charge in [-0.05, 0) is 47.7 Å². The molecule has 1 aliphatic heterocycles. The summed E-state index contributed by atoms with van der Waals surface area (Å²) in [5.74, 6) is 0.278. The Labute approximate surface area is 143 Å². The van der Waals surface area contributed by atoms with Crippen molar-refractivity contribution in [3.63, 3.8) is 0 Å². The molecule has 1 saturated carbocycles. The highest BCUT2D eigenvalue weighted by atomic mass is 16.2. The zero-order valence-corrected chi connectivity index (χ0v) is 14.6. The molecule has 3 N–H and O–H groups in total. The maximum absolute atomic E-state index is 12.5. The highest BCUT2D eigenvalue weighted by Gasteiger charge is 2.51. The molecule has 2 aromatic rings. The van der Waals surface area contributed by atoms with Crippen molar-refractivity contribution < 1.29 is 4.79 Å².